The van der Waals surface area contributed by atoms with E-state index in [1.807, 2.05) is 48.5 Å². The van der Waals surface area contributed by atoms with Gasteiger partial charge in [-0.15, -0.1) is 0 Å². The Morgan fingerprint density at radius 2 is 1.65 bits per heavy atom. The van der Waals surface area contributed by atoms with Crippen LogP contribution >= 0.6 is 12.2 Å². The monoisotopic (exact) mass is 370 g/mol. The van der Waals surface area contributed by atoms with Gasteiger partial charge in [0.05, 0.1) is 0 Å². The lowest BCUT2D eigenvalue weighted by Crippen LogP contribution is -2.37. The first-order valence-corrected chi connectivity index (χ1v) is 9.20. The van der Waals surface area contributed by atoms with Crippen LogP contribution in [0.4, 0.5) is 5.69 Å². The summed E-state index contributed by atoms with van der Waals surface area (Å²) < 4.78 is 5.65. The number of carbonyl (C=O) groups excluding carboxylic acids is 1. The third-order valence-corrected chi connectivity index (χ3v) is 4.19. The van der Waals surface area contributed by atoms with Crippen molar-refractivity contribution in [1.29, 1.82) is 0 Å². The van der Waals surface area contributed by atoms with Crippen LogP contribution in [0, 0.1) is 0 Å². The SMILES string of the molecule is CC(C)c1ccc(NC(=S)NC(=O)COc2ccccc2C(C)C)cc1. The first-order chi connectivity index (χ1) is 12.4. The average Bonchev–Trinajstić information content (AvgIpc) is 2.60. The number of hydrogen-bond acceptors (Lipinski definition) is 3. The second-order valence-corrected chi connectivity index (χ2v) is 7.17. The van der Waals surface area contributed by atoms with Crippen LogP contribution in [-0.2, 0) is 4.79 Å². The van der Waals surface area contributed by atoms with Gasteiger partial charge >= 0.3 is 0 Å². The Balaban J connectivity index is 1.85. The minimum Gasteiger partial charge on any atom is -0.483 e. The molecule has 0 heterocycles. The second-order valence-electron chi connectivity index (χ2n) is 6.76. The maximum absolute atomic E-state index is 12.1. The molecule has 1 amide bonds. The minimum atomic E-state index is -0.292. The summed E-state index contributed by atoms with van der Waals surface area (Å²) >= 11 is 5.20. The van der Waals surface area contributed by atoms with Crippen molar-refractivity contribution >= 4 is 28.9 Å². The highest BCUT2D eigenvalue weighted by molar-refractivity contribution is 7.80. The number of hydrogen-bond donors (Lipinski definition) is 2. The summed E-state index contributed by atoms with van der Waals surface area (Å²) in [6.45, 7) is 8.38. The molecular formula is C21H26N2O2S. The van der Waals surface area contributed by atoms with Crippen molar-refractivity contribution in [1.82, 2.24) is 5.32 Å². The molecule has 2 aromatic carbocycles. The Morgan fingerprint density at radius 1 is 1.00 bits per heavy atom. The van der Waals surface area contributed by atoms with Crippen LogP contribution in [0.25, 0.3) is 0 Å². The van der Waals surface area contributed by atoms with Gasteiger partial charge in [0.2, 0.25) is 0 Å². The van der Waals surface area contributed by atoms with E-state index < -0.39 is 0 Å². The predicted molar refractivity (Wildman–Crippen MR) is 111 cm³/mol. The van der Waals surface area contributed by atoms with Gasteiger partial charge in [0.25, 0.3) is 5.91 Å². The van der Waals surface area contributed by atoms with Gasteiger partial charge < -0.3 is 10.1 Å². The molecule has 0 fully saturated rings. The number of rotatable bonds is 6. The molecule has 5 heteroatoms. The van der Waals surface area contributed by atoms with E-state index in [-0.39, 0.29) is 17.6 Å². The molecule has 0 aliphatic rings. The summed E-state index contributed by atoms with van der Waals surface area (Å²) in [4.78, 5) is 12.1. The first kappa shape index (κ1) is 19.9. The van der Waals surface area contributed by atoms with Gasteiger partial charge in [-0.2, -0.15) is 0 Å². The fourth-order valence-corrected chi connectivity index (χ4v) is 2.74. The normalized spacial score (nSPS) is 10.7. The van der Waals surface area contributed by atoms with Gasteiger partial charge in [-0.25, -0.2) is 0 Å². The lowest BCUT2D eigenvalue weighted by Gasteiger charge is -2.14. The lowest BCUT2D eigenvalue weighted by atomic mass is 10.0. The third kappa shape index (κ3) is 5.85. The molecule has 0 atom stereocenters. The molecule has 2 aromatic rings. The van der Waals surface area contributed by atoms with Gasteiger partial charge in [-0.05, 0) is 53.4 Å². The van der Waals surface area contributed by atoms with Crippen molar-refractivity contribution in [2.75, 3.05) is 11.9 Å². The smallest absolute Gasteiger partial charge is 0.264 e. The molecule has 0 unspecified atom stereocenters. The molecule has 0 radical (unpaired) electrons. The van der Waals surface area contributed by atoms with Crippen LogP contribution in [0.5, 0.6) is 5.75 Å². The maximum Gasteiger partial charge on any atom is 0.264 e. The van der Waals surface area contributed by atoms with E-state index in [0.29, 0.717) is 11.8 Å². The minimum absolute atomic E-state index is 0.0855. The Bertz CT molecular complexity index is 755. The molecule has 0 aliphatic heterocycles. The molecule has 0 aromatic heterocycles. The molecule has 2 rings (SSSR count). The number of amides is 1. The molecule has 0 bridgehead atoms. The van der Waals surface area contributed by atoms with E-state index >= 15 is 0 Å². The highest BCUT2D eigenvalue weighted by Gasteiger charge is 2.10. The molecule has 138 valence electrons. The zero-order valence-electron chi connectivity index (χ0n) is 15.7. The molecule has 0 saturated carbocycles. The molecular weight excluding hydrogens is 344 g/mol. The summed E-state index contributed by atoms with van der Waals surface area (Å²) in [5, 5.41) is 5.91. The molecule has 0 aliphatic carbocycles. The van der Waals surface area contributed by atoms with E-state index in [2.05, 4.69) is 38.3 Å². The number of ether oxygens (including phenoxy) is 1. The van der Waals surface area contributed by atoms with E-state index in [4.69, 9.17) is 17.0 Å². The van der Waals surface area contributed by atoms with Crippen molar-refractivity contribution in [3.05, 3.63) is 59.7 Å². The van der Waals surface area contributed by atoms with E-state index in [0.717, 1.165) is 17.0 Å². The Morgan fingerprint density at radius 3 is 2.27 bits per heavy atom. The fourth-order valence-electron chi connectivity index (χ4n) is 2.51. The number of nitrogens with one attached hydrogen (secondary N) is 2. The van der Waals surface area contributed by atoms with Gasteiger partial charge in [-0.3, -0.25) is 10.1 Å². The molecule has 2 N–H and O–H groups in total. The Hall–Kier alpha value is -2.40. The Labute approximate surface area is 161 Å². The topological polar surface area (TPSA) is 50.4 Å². The second kappa shape index (κ2) is 9.34. The molecule has 0 spiro atoms. The molecule has 26 heavy (non-hydrogen) atoms. The highest BCUT2D eigenvalue weighted by atomic mass is 32.1. The zero-order valence-corrected chi connectivity index (χ0v) is 16.5. The van der Waals surface area contributed by atoms with Crippen molar-refractivity contribution in [3.8, 4) is 5.75 Å². The number of benzene rings is 2. The van der Waals surface area contributed by atoms with Crippen LogP contribution in [0.3, 0.4) is 0 Å². The first-order valence-electron chi connectivity index (χ1n) is 8.79. The van der Waals surface area contributed by atoms with Crippen LogP contribution in [0.2, 0.25) is 0 Å². The number of carbonyl (C=O) groups is 1. The van der Waals surface area contributed by atoms with Gasteiger partial charge in [0.15, 0.2) is 11.7 Å². The van der Waals surface area contributed by atoms with Gasteiger partial charge in [0.1, 0.15) is 5.75 Å². The standard InChI is InChI=1S/C21H26N2O2S/c1-14(2)16-9-11-17(12-10-16)22-21(26)23-20(24)13-25-19-8-6-5-7-18(19)15(3)4/h5-12,14-15H,13H2,1-4H3,(H2,22,23,24,26). The summed E-state index contributed by atoms with van der Waals surface area (Å²) in [5.41, 5.74) is 3.17. The summed E-state index contributed by atoms with van der Waals surface area (Å²) in [5.74, 6) is 1.23. The largest absolute Gasteiger partial charge is 0.483 e. The van der Waals surface area contributed by atoms with Crippen molar-refractivity contribution in [2.45, 2.75) is 39.5 Å². The maximum atomic E-state index is 12.1. The van der Waals surface area contributed by atoms with E-state index in [9.17, 15) is 4.79 Å². The van der Waals surface area contributed by atoms with Crippen molar-refractivity contribution < 1.29 is 9.53 Å². The summed E-state index contributed by atoms with van der Waals surface area (Å²) in [7, 11) is 0. The van der Waals surface area contributed by atoms with Crippen molar-refractivity contribution in [3.63, 3.8) is 0 Å². The van der Waals surface area contributed by atoms with E-state index in [1.165, 1.54) is 5.56 Å². The Kier molecular flexibility index (Phi) is 7.16. The molecule has 0 saturated heterocycles. The van der Waals surface area contributed by atoms with Crippen LogP contribution in [0.1, 0.15) is 50.7 Å². The summed E-state index contributed by atoms with van der Waals surface area (Å²) in [6.07, 6.45) is 0. The average molecular weight is 371 g/mol. The predicted octanol–water partition coefficient (Wildman–Crippen LogP) is 4.83. The van der Waals surface area contributed by atoms with Crippen molar-refractivity contribution in [2.24, 2.45) is 0 Å². The quantitative estimate of drug-likeness (QED) is 0.716. The number of para-hydroxylation sites is 1. The zero-order chi connectivity index (χ0) is 19.1. The summed E-state index contributed by atoms with van der Waals surface area (Å²) in [6, 6.07) is 15.7. The number of anilines is 1. The van der Waals surface area contributed by atoms with Crippen LogP contribution < -0.4 is 15.4 Å². The van der Waals surface area contributed by atoms with Crippen LogP contribution in [0.15, 0.2) is 48.5 Å². The lowest BCUT2D eigenvalue weighted by molar-refractivity contribution is -0.121. The third-order valence-electron chi connectivity index (χ3n) is 3.99. The van der Waals surface area contributed by atoms with E-state index in [1.54, 1.807) is 0 Å². The molecule has 4 nitrogen and oxygen atoms in total. The highest BCUT2D eigenvalue weighted by Crippen LogP contribution is 2.25. The van der Waals surface area contributed by atoms with Crippen LogP contribution in [-0.4, -0.2) is 17.6 Å². The van der Waals surface area contributed by atoms with Gasteiger partial charge in [-0.1, -0.05) is 58.0 Å². The number of thiocarbonyl (C=S) groups is 1. The fraction of sp³-hybridized carbons (Fsp3) is 0.333. The van der Waals surface area contributed by atoms with Gasteiger partial charge in [0, 0.05) is 5.69 Å².